The molecule has 0 aliphatic carbocycles. The summed E-state index contributed by atoms with van der Waals surface area (Å²) in [4.78, 5) is 7.45. The van der Waals surface area contributed by atoms with Crippen molar-refractivity contribution in [3.63, 3.8) is 0 Å². The molecule has 100 valence electrons. The summed E-state index contributed by atoms with van der Waals surface area (Å²) in [7, 11) is 0. The molecule has 0 saturated carbocycles. The van der Waals surface area contributed by atoms with Gasteiger partial charge in [0, 0.05) is 40.4 Å². The number of aromatic nitrogens is 2. The van der Waals surface area contributed by atoms with E-state index in [1.165, 1.54) is 18.5 Å². The lowest BCUT2D eigenvalue weighted by atomic mass is 10.00. The van der Waals surface area contributed by atoms with E-state index in [9.17, 15) is 18.3 Å². The number of hydrogen-bond acceptors (Lipinski definition) is 3. The van der Waals surface area contributed by atoms with Crippen molar-refractivity contribution < 1.29 is 18.3 Å². The van der Waals surface area contributed by atoms with E-state index < -0.39 is 17.8 Å². The Kier molecular flexibility index (Phi) is 3.86. The highest BCUT2D eigenvalue weighted by molar-refractivity contribution is 9.10. The van der Waals surface area contributed by atoms with Crippen molar-refractivity contribution in [2.45, 2.75) is 12.3 Å². The number of aliphatic hydroxyl groups is 1. The molecule has 0 aliphatic rings. The molecule has 0 fully saturated rings. The second-order valence-corrected chi connectivity index (χ2v) is 4.72. The van der Waals surface area contributed by atoms with Crippen LogP contribution < -0.4 is 0 Å². The Morgan fingerprint density at radius 3 is 2.53 bits per heavy atom. The maximum atomic E-state index is 12.8. The normalized spacial score (nSPS) is 13.3. The molecule has 2 aromatic heterocycles. The van der Waals surface area contributed by atoms with Gasteiger partial charge in [-0.1, -0.05) is 0 Å². The van der Waals surface area contributed by atoms with Crippen LogP contribution in [0.4, 0.5) is 13.2 Å². The molecule has 0 bridgehead atoms. The lowest BCUT2D eigenvalue weighted by Crippen LogP contribution is -2.13. The monoisotopic (exact) mass is 332 g/mol. The Morgan fingerprint density at radius 1 is 1.16 bits per heavy atom. The van der Waals surface area contributed by atoms with Crippen LogP contribution in [0.5, 0.6) is 0 Å². The fourth-order valence-corrected chi connectivity index (χ4v) is 2.02. The molecule has 0 radical (unpaired) electrons. The third-order valence-corrected chi connectivity index (χ3v) is 2.93. The van der Waals surface area contributed by atoms with Gasteiger partial charge in [0.2, 0.25) is 0 Å². The van der Waals surface area contributed by atoms with Gasteiger partial charge in [-0.3, -0.25) is 9.97 Å². The molecule has 19 heavy (non-hydrogen) atoms. The van der Waals surface area contributed by atoms with E-state index in [4.69, 9.17) is 0 Å². The van der Waals surface area contributed by atoms with E-state index in [0.29, 0.717) is 4.47 Å². The van der Waals surface area contributed by atoms with Gasteiger partial charge in [0.05, 0.1) is 5.56 Å². The molecular formula is C12H8BrF3N2O. The van der Waals surface area contributed by atoms with Gasteiger partial charge in [0.25, 0.3) is 0 Å². The van der Waals surface area contributed by atoms with E-state index in [1.54, 1.807) is 0 Å². The van der Waals surface area contributed by atoms with Crippen LogP contribution >= 0.6 is 15.9 Å². The molecule has 0 aliphatic heterocycles. The van der Waals surface area contributed by atoms with Crippen LogP contribution in [0.2, 0.25) is 0 Å². The number of aliphatic hydroxyl groups excluding tert-OH is 1. The lowest BCUT2D eigenvalue weighted by Gasteiger charge is -2.17. The first-order valence-corrected chi connectivity index (χ1v) is 5.98. The van der Waals surface area contributed by atoms with Crippen molar-refractivity contribution in [1.29, 1.82) is 0 Å². The summed E-state index contributed by atoms with van der Waals surface area (Å²) in [5, 5.41) is 10.1. The summed E-state index contributed by atoms with van der Waals surface area (Å²) in [5.74, 6) is 0. The maximum Gasteiger partial charge on any atom is 0.416 e. The number of pyridine rings is 2. The molecule has 1 unspecified atom stereocenters. The molecule has 0 spiro atoms. The highest BCUT2D eigenvalue weighted by Gasteiger charge is 2.35. The second-order valence-electron chi connectivity index (χ2n) is 3.80. The summed E-state index contributed by atoms with van der Waals surface area (Å²) < 4.78 is 39.1. The van der Waals surface area contributed by atoms with Crippen LogP contribution in [0.3, 0.4) is 0 Å². The van der Waals surface area contributed by atoms with E-state index >= 15 is 0 Å². The van der Waals surface area contributed by atoms with Gasteiger partial charge in [-0.2, -0.15) is 13.2 Å². The molecule has 2 heterocycles. The van der Waals surface area contributed by atoms with Crippen molar-refractivity contribution >= 4 is 15.9 Å². The molecule has 0 aromatic carbocycles. The van der Waals surface area contributed by atoms with Crippen LogP contribution in [0.25, 0.3) is 0 Å². The fourth-order valence-electron chi connectivity index (χ4n) is 1.64. The minimum Gasteiger partial charge on any atom is -0.384 e. The molecule has 0 saturated heterocycles. The summed E-state index contributed by atoms with van der Waals surface area (Å²) in [5.41, 5.74) is -0.947. The third kappa shape index (κ3) is 3.10. The third-order valence-electron chi connectivity index (χ3n) is 2.49. The topological polar surface area (TPSA) is 46.0 Å². The molecule has 7 heteroatoms. The second kappa shape index (κ2) is 5.26. The van der Waals surface area contributed by atoms with Crippen LogP contribution in [0.15, 0.2) is 41.4 Å². The first-order valence-electron chi connectivity index (χ1n) is 5.19. The Labute approximate surface area is 115 Å². The average Bonchev–Trinajstić information content (AvgIpc) is 2.37. The van der Waals surface area contributed by atoms with Crippen LogP contribution in [0.1, 0.15) is 22.8 Å². The highest BCUT2D eigenvalue weighted by Crippen LogP contribution is 2.36. The Morgan fingerprint density at radius 2 is 1.89 bits per heavy atom. The van der Waals surface area contributed by atoms with Crippen molar-refractivity contribution in [1.82, 2.24) is 9.97 Å². The van der Waals surface area contributed by atoms with E-state index in [-0.39, 0.29) is 11.1 Å². The molecule has 3 nitrogen and oxygen atoms in total. The van der Waals surface area contributed by atoms with Gasteiger partial charge in [-0.15, -0.1) is 0 Å². The van der Waals surface area contributed by atoms with Gasteiger partial charge in [-0.25, -0.2) is 0 Å². The van der Waals surface area contributed by atoms with E-state index in [2.05, 4.69) is 25.9 Å². The Hall–Kier alpha value is -1.47. The first kappa shape index (κ1) is 14.0. The predicted octanol–water partition coefficient (Wildman–Crippen LogP) is 3.34. The summed E-state index contributed by atoms with van der Waals surface area (Å²) in [6, 6.07) is 2.34. The number of nitrogens with zero attached hydrogens (tertiary/aromatic N) is 2. The molecule has 0 amide bonds. The summed E-state index contributed by atoms with van der Waals surface area (Å²) >= 11 is 3.15. The standard InChI is InChI=1S/C12H8BrF3N2O/c13-8-3-7(4-18-5-8)11(19)9-6-17-2-1-10(9)12(14,15)16/h1-6,11,19H. The minimum atomic E-state index is -4.54. The van der Waals surface area contributed by atoms with Crippen molar-refractivity contribution in [2.24, 2.45) is 0 Å². The average molecular weight is 333 g/mol. The largest absolute Gasteiger partial charge is 0.416 e. The molecule has 1 atom stereocenters. The summed E-state index contributed by atoms with van der Waals surface area (Å²) in [6.07, 6.45) is -1.15. The van der Waals surface area contributed by atoms with Crippen LogP contribution in [-0.2, 0) is 6.18 Å². The Bertz CT molecular complexity index is 589. The van der Waals surface area contributed by atoms with E-state index in [1.807, 2.05) is 0 Å². The van der Waals surface area contributed by atoms with Crippen LogP contribution in [0, 0.1) is 0 Å². The van der Waals surface area contributed by atoms with Gasteiger partial charge >= 0.3 is 6.18 Å². The lowest BCUT2D eigenvalue weighted by molar-refractivity contribution is -0.139. The molecule has 2 rings (SSSR count). The Balaban J connectivity index is 2.48. The zero-order valence-corrected chi connectivity index (χ0v) is 11.0. The number of alkyl halides is 3. The molecular weight excluding hydrogens is 325 g/mol. The molecule has 2 aromatic rings. The smallest absolute Gasteiger partial charge is 0.384 e. The van der Waals surface area contributed by atoms with Gasteiger partial charge in [0.15, 0.2) is 0 Å². The molecule has 1 N–H and O–H groups in total. The number of hydrogen-bond donors (Lipinski definition) is 1. The van der Waals surface area contributed by atoms with Crippen molar-refractivity contribution in [2.75, 3.05) is 0 Å². The number of halogens is 4. The quantitative estimate of drug-likeness (QED) is 0.917. The van der Waals surface area contributed by atoms with E-state index in [0.717, 1.165) is 18.5 Å². The fraction of sp³-hybridized carbons (Fsp3) is 0.167. The zero-order chi connectivity index (χ0) is 14.0. The highest BCUT2D eigenvalue weighted by atomic mass is 79.9. The SMILES string of the molecule is OC(c1cncc(Br)c1)c1cnccc1C(F)(F)F. The van der Waals surface area contributed by atoms with Crippen molar-refractivity contribution in [3.05, 3.63) is 58.1 Å². The predicted molar refractivity (Wildman–Crippen MR) is 65.2 cm³/mol. The maximum absolute atomic E-state index is 12.8. The van der Waals surface area contributed by atoms with Crippen LogP contribution in [-0.4, -0.2) is 15.1 Å². The van der Waals surface area contributed by atoms with Gasteiger partial charge in [0.1, 0.15) is 6.10 Å². The van der Waals surface area contributed by atoms with Gasteiger partial charge in [-0.05, 0) is 28.1 Å². The summed E-state index contributed by atoms with van der Waals surface area (Å²) in [6.45, 7) is 0. The number of rotatable bonds is 2. The minimum absolute atomic E-state index is 0.257. The van der Waals surface area contributed by atoms with Crippen molar-refractivity contribution in [3.8, 4) is 0 Å². The first-order chi connectivity index (χ1) is 8.89. The zero-order valence-electron chi connectivity index (χ0n) is 9.39. The van der Waals surface area contributed by atoms with Gasteiger partial charge < -0.3 is 5.11 Å².